The number of aliphatic imine (C=N–C) groups is 1. The van der Waals surface area contributed by atoms with E-state index in [1.54, 1.807) is 14.2 Å². The average Bonchev–Trinajstić information content (AvgIpc) is 2.60. The van der Waals surface area contributed by atoms with Gasteiger partial charge in [0.15, 0.2) is 17.5 Å². The fraction of sp³-hybridized carbons (Fsp3) is 0.579. The van der Waals surface area contributed by atoms with Crippen molar-refractivity contribution in [3.8, 4) is 11.5 Å². The highest BCUT2D eigenvalue weighted by Crippen LogP contribution is 2.30. The number of hydrogen-bond acceptors (Lipinski definition) is 5. The van der Waals surface area contributed by atoms with Gasteiger partial charge in [-0.25, -0.2) is 4.79 Å². The van der Waals surface area contributed by atoms with Gasteiger partial charge in [-0.1, -0.05) is 0 Å². The lowest BCUT2D eigenvalue weighted by atomic mass is 10.2. The number of ether oxygens (including phenoxy) is 3. The molecule has 0 aliphatic carbocycles. The van der Waals surface area contributed by atoms with Crippen LogP contribution in [0, 0.1) is 0 Å². The fourth-order valence-electron chi connectivity index (χ4n) is 2.14. The number of rotatable bonds is 8. The summed E-state index contributed by atoms with van der Waals surface area (Å²) in [7, 11) is 3.30. The van der Waals surface area contributed by atoms with Crippen molar-refractivity contribution in [3.63, 3.8) is 0 Å². The van der Waals surface area contributed by atoms with Crippen LogP contribution < -0.4 is 25.4 Å². The van der Waals surface area contributed by atoms with E-state index < -0.39 is 11.7 Å². The van der Waals surface area contributed by atoms with Gasteiger partial charge in [-0.3, -0.25) is 4.99 Å². The molecule has 0 aliphatic heterocycles. The number of methoxy groups -OCH3 is 1. The maximum Gasteiger partial charge on any atom is 0.407 e. The second kappa shape index (κ2) is 11.2. The van der Waals surface area contributed by atoms with Crippen LogP contribution in [0.25, 0.3) is 0 Å². The molecule has 0 saturated carbocycles. The summed E-state index contributed by atoms with van der Waals surface area (Å²) in [6.45, 7) is 9.15. The number of carbonyl (C=O) groups excluding carboxylic acids is 1. The minimum absolute atomic E-state index is 0.411. The molecule has 8 heteroatoms. The second-order valence-corrected chi connectivity index (χ2v) is 6.70. The largest absolute Gasteiger partial charge is 0.493 e. The molecule has 1 aromatic carbocycles. The molecule has 152 valence electrons. The van der Waals surface area contributed by atoms with E-state index in [-0.39, 0.29) is 0 Å². The van der Waals surface area contributed by atoms with Crippen molar-refractivity contribution in [1.29, 1.82) is 0 Å². The number of nitrogens with one attached hydrogen (secondary N) is 3. The van der Waals surface area contributed by atoms with Crippen LogP contribution in [0.15, 0.2) is 23.2 Å². The van der Waals surface area contributed by atoms with Crippen LogP contribution in [-0.4, -0.2) is 51.5 Å². The molecule has 0 spiro atoms. The summed E-state index contributed by atoms with van der Waals surface area (Å²) in [6.07, 6.45) is 0.318. The molecule has 1 amide bonds. The van der Waals surface area contributed by atoms with Crippen LogP contribution in [0.3, 0.4) is 0 Å². The predicted molar refractivity (Wildman–Crippen MR) is 108 cm³/mol. The standard InChI is InChI=1S/C19H32N4O4/c1-7-26-15-10-9-14(13-16(15)25-6)23-17(20-5)21-11-8-12-22-18(24)27-19(2,3)4/h9-10,13H,7-8,11-12H2,1-6H3,(H,22,24)(H2,20,21,23). The van der Waals surface area contributed by atoms with Gasteiger partial charge in [0.25, 0.3) is 0 Å². The van der Waals surface area contributed by atoms with Crippen LogP contribution in [0.2, 0.25) is 0 Å². The lowest BCUT2D eigenvalue weighted by Crippen LogP contribution is -2.35. The quantitative estimate of drug-likeness (QED) is 0.365. The van der Waals surface area contributed by atoms with E-state index in [1.807, 2.05) is 45.9 Å². The van der Waals surface area contributed by atoms with E-state index in [0.717, 1.165) is 12.1 Å². The average molecular weight is 380 g/mol. The molecule has 27 heavy (non-hydrogen) atoms. The molecule has 3 N–H and O–H groups in total. The highest BCUT2D eigenvalue weighted by atomic mass is 16.6. The number of carbonyl (C=O) groups is 1. The van der Waals surface area contributed by atoms with Gasteiger partial charge in [-0.2, -0.15) is 0 Å². The minimum Gasteiger partial charge on any atom is -0.493 e. The molecule has 1 aromatic rings. The van der Waals surface area contributed by atoms with Crippen molar-refractivity contribution in [2.75, 3.05) is 39.2 Å². The van der Waals surface area contributed by atoms with Crippen molar-refractivity contribution in [2.24, 2.45) is 4.99 Å². The third-order valence-electron chi connectivity index (χ3n) is 3.26. The van der Waals surface area contributed by atoms with Gasteiger partial charge in [-0.05, 0) is 46.2 Å². The van der Waals surface area contributed by atoms with Crippen LogP contribution in [0.5, 0.6) is 11.5 Å². The Morgan fingerprint density at radius 2 is 1.85 bits per heavy atom. The molecular formula is C19H32N4O4. The van der Waals surface area contributed by atoms with Gasteiger partial charge in [-0.15, -0.1) is 0 Å². The Kier molecular flexibility index (Phi) is 9.25. The van der Waals surface area contributed by atoms with E-state index in [0.29, 0.717) is 37.2 Å². The van der Waals surface area contributed by atoms with Crippen LogP contribution >= 0.6 is 0 Å². The predicted octanol–water partition coefficient (Wildman–Crippen LogP) is 3.00. The Morgan fingerprint density at radius 3 is 2.44 bits per heavy atom. The Balaban J connectivity index is 2.42. The summed E-state index contributed by atoms with van der Waals surface area (Å²) in [5.41, 5.74) is 0.336. The molecule has 8 nitrogen and oxygen atoms in total. The Bertz CT molecular complexity index is 627. The Labute approximate surface area is 161 Å². The number of alkyl carbamates (subject to hydrolysis) is 1. The van der Waals surface area contributed by atoms with Crippen LogP contribution in [-0.2, 0) is 4.74 Å². The first-order valence-electron chi connectivity index (χ1n) is 9.04. The number of hydrogen-bond donors (Lipinski definition) is 3. The van der Waals surface area contributed by atoms with E-state index in [4.69, 9.17) is 14.2 Å². The summed E-state index contributed by atoms with van der Waals surface area (Å²) in [5, 5.41) is 9.11. The molecule has 0 aromatic heterocycles. The zero-order chi connectivity index (χ0) is 20.3. The van der Waals surface area contributed by atoms with Crippen LogP contribution in [0.1, 0.15) is 34.1 Å². The van der Waals surface area contributed by atoms with Crippen molar-refractivity contribution < 1.29 is 19.0 Å². The van der Waals surface area contributed by atoms with Gasteiger partial charge < -0.3 is 30.2 Å². The highest BCUT2D eigenvalue weighted by molar-refractivity contribution is 5.93. The summed E-state index contributed by atoms with van der Waals surface area (Å²) in [6, 6.07) is 5.59. The number of guanidine groups is 1. The summed E-state index contributed by atoms with van der Waals surface area (Å²) in [5.74, 6) is 1.97. The number of benzene rings is 1. The first-order valence-corrected chi connectivity index (χ1v) is 9.04. The van der Waals surface area contributed by atoms with Gasteiger partial charge >= 0.3 is 6.09 Å². The van der Waals surface area contributed by atoms with Gasteiger partial charge in [0.2, 0.25) is 0 Å². The highest BCUT2D eigenvalue weighted by Gasteiger charge is 2.15. The Morgan fingerprint density at radius 1 is 1.15 bits per heavy atom. The maximum absolute atomic E-state index is 11.6. The monoisotopic (exact) mass is 380 g/mol. The number of nitrogens with zero attached hydrogens (tertiary/aromatic N) is 1. The molecule has 0 bridgehead atoms. The summed E-state index contributed by atoms with van der Waals surface area (Å²) < 4.78 is 16.0. The summed E-state index contributed by atoms with van der Waals surface area (Å²) >= 11 is 0. The van der Waals surface area contributed by atoms with E-state index in [1.165, 1.54) is 0 Å². The van der Waals surface area contributed by atoms with Gasteiger partial charge in [0.1, 0.15) is 5.60 Å². The lowest BCUT2D eigenvalue weighted by molar-refractivity contribution is 0.0527. The van der Waals surface area contributed by atoms with Crippen LogP contribution in [0.4, 0.5) is 10.5 Å². The normalized spacial score (nSPS) is 11.6. The summed E-state index contributed by atoms with van der Waals surface area (Å²) in [4.78, 5) is 15.8. The first-order chi connectivity index (χ1) is 12.8. The molecule has 0 aliphatic rings. The van der Waals surface area contributed by atoms with Crippen molar-refractivity contribution >= 4 is 17.7 Å². The third kappa shape index (κ3) is 9.03. The van der Waals surface area contributed by atoms with Crippen molar-refractivity contribution in [2.45, 2.75) is 39.7 Å². The van der Waals surface area contributed by atoms with Gasteiger partial charge in [0, 0.05) is 31.9 Å². The fourth-order valence-corrected chi connectivity index (χ4v) is 2.14. The van der Waals surface area contributed by atoms with E-state index in [2.05, 4.69) is 20.9 Å². The third-order valence-corrected chi connectivity index (χ3v) is 3.26. The molecule has 0 unspecified atom stereocenters. The van der Waals surface area contributed by atoms with E-state index >= 15 is 0 Å². The molecule has 0 saturated heterocycles. The molecular weight excluding hydrogens is 348 g/mol. The van der Waals surface area contributed by atoms with E-state index in [9.17, 15) is 4.79 Å². The zero-order valence-corrected chi connectivity index (χ0v) is 17.1. The molecule has 1 rings (SSSR count). The molecule has 0 atom stereocenters. The number of anilines is 1. The molecule has 0 radical (unpaired) electrons. The second-order valence-electron chi connectivity index (χ2n) is 6.70. The van der Waals surface area contributed by atoms with Crippen molar-refractivity contribution in [3.05, 3.63) is 18.2 Å². The zero-order valence-electron chi connectivity index (χ0n) is 17.1. The molecule has 0 heterocycles. The first kappa shape index (κ1) is 22.4. The maximum atomic E-state index is 11.6. The number of amides is 1. The lowest BCUT2D eigenvalue weighted by Gasteiger charge is -2.19. The van der Waals surface area contributed by atoms with Gasteiger partial charge in [0.05, 0.1) is 13.7 Å². The SMILES string of the molecule is CCOc1ccc(NC(=NC)NCCCNC(=O)OC(C)(C)C)cc1OC. The minimum atomic E-state index is -0.493. The smallest absolute Gasteiger partial charge is 0.407 e. The molecule has 0 fully saturated rings. The topological polar surface area (TPSA) is 93.2 Å². The van der Waals surface area contributed by atoms with Crippen molar-refractivity contribution in [1.82, 2.24) is 10.6 Å². The Hall–Kier alpha value is -2.64.